The molecule has 0 bridgehead atoms. The number of benzene rings is 1. The van der Waals surface area contributed by atoms with Gasteiger partial charge in [-0.2, -0.15) is 0 Å². The number of hydrogen-bond acceptors (Lipinski definition) is 4. The summed E-state index contributed by atoms with van der Waals surface area (Å²) >= 11 is 0. The Morgan fingerprint density at radius 2 is 1.90 bits per heavy atom. The number of nitrogens with zero attached hydrogens (tertiary/aromatic N) is 1. The van der Waals surface area contributed by atoms with Crippen molar-refractivity contribution < 1.29 is 8.42 Å². The molecule has 110 valence electrons. The van der Waals surface area contributed by atoms with Gasteiger partial charge < -0.3 is 5.32 Å². The fraction of sp³-hybridized carbons (Fsp3) is 0.600. The van der Waals surface area contributed by atoms with Crippen LogP contribution in [0.3, 0.4) is 0 Å². The Hall–Kier alpha value is -0.910. The van der Waals surface area contributed by atoms with Crippen LogP contribution in [0.1, 0.15) is 24.8 Å². The van der Waals surface area contributed by atoms with Crippen LogP contribution < -0.4 is 5.32 Å². The highest BCUT2D eigenvalue weighted by molar-refractivity contribution is 7.90. The van der Waals surface area contributed by atoms with E-state index in [1.165, 1.54) is 32.1 Å². The topological polar surface area (TPSA) is 49.4 Å². The third-order valence-electron chi connectivity index (χ3n) is 4.23. The molecule has 5 heteroatoms. The molecule has 1 aliphatic heterocycles. The first kappa shape index (κ1) is 14.0. The molecule has 2 aliphatic rings. The molecule has 0 spiro atoms. The number of nitrogens with one attached hydrogen (secondary N) is 1. The van der Waals surface area contributed by atoms with Crippen molar-refractivity contribution >= 4 is 9.84 Å². The van der Waals surface area contributed by atoms with E-state index in [0.29, 0.717) is 10.9 Å². The van der Waals surface area contributed by atoms with Crippen molar-refractivity contribution in [1.29, 1.82) is 0 Å². The maximum Gasteiger partial charge on any atom is 0.175 e. The maximum atomic E-state index is 11.4. The van der Waals surface area contributed by atoms with Crippen molar-refractivity contribution in [1.82, 2.24) is 10.2 Å². The Morgan fingerprint density at radius 1 is 1.20 bits per heavy atom. The van der Waals surface area contributed by atoms with Gasteiger partial charge in [0.25, 0.3) is 0 Å². The van der Waals surface area contributed by atoms with Crippen LogP contribution in [-0.4, -0.2) is 44.7 Å². The summed E-state index contributed by atoms with van der Waals surface area (Å²) in [7, 11) is -3.09. The van der Waals surface area contributed by atoms with Crippen molar-refractivity contribution in [3.05, 3.63) is 29.8 Å². The average Bonchev–Trinajstić information content (AvgIpc) is 3.15. The Kier molecular flexibility index (Phi) is 3.84. The monoisotopic (exact) mass is 294 g/mol. The number of likely N-dealkylation sites (tertiary alicyclic amines) is 1. The molecule has 1 aliphatic carbocycles. The third kappa shape index (κ3) is 3.40. The van der Waals surface area contributed by atoms with Crippen molar-refractivity contribution in [3.8, 4) is 0 Å². The molecular formula is C15H22N2O2S. The Labute approximate surface area is 121 Å². The van der Waals surface area contributed by atoms with Gasteiger partial charge in [-0.05, 0) is 37.0 Å². The summed E-state index contributed by atoms with van der Waals surface area (Å²) < 4.78 is 22.8. The molecule has 0 unspecified atom stereocenters. The van der Waals surface area contributed by atoms with E-state index >= 15 is 0 Å². The molecule has 0 amide bonds. The quantitative estimate of drug-likeness (QED) is 0.892. The van der Waals surface area contributed by atoms with Crippen molar-refractivity contribution in [2.75, 3.05) is 19.3 Å². The summed E-state index contributed by atoms with van der Waals surface area (Å²) in [6.07, 6.45) is 5.21. The summed E-state index contributed by atoms with van der Waals surface area (Å²) in [6.45, 7) is 3.19. The number of sulfone groups is 1. The standard InChI is InChI=1S/C15H22N2O2S/c1-20(18,19)15-6-2-12(3-7-15)10-16-13-8-9-17(11-13)14-4-5-14/h2-3,6-7,13-14,16H,4-5,8-11H2,1H3/t13-/m0/s1. The Balaban J connectivity index is 1.51. The Bertz CT molecular complexity index is 564. The predicted octanol–water partition coefficient (Wildman–Crippen LogP) is 1.42. The first-order valence-electron chi connectivity index (χ1n) is 7.29. The molecule has 2 fully saturated rings. The molecule has 0 aromatic heterocycles. The highest BCUT2D eigenvalue weighted by Crippen LogP contribution is 2.29. The average molecular weight is 294 g/mol. The van der Waals surface area contributed by atoms with Crippen LogP contribution >= 0.6 is 0 Å². The van der Waals surface area contributed by atoms with Gasteiger partial charge in [-0.25, -0.2) is 8.42 Å². The van der Waals surface area contributed by atoms with Crippen LogP contribution in [0.2, 0.25) is 0 Å². The van der Waals surface area contributed by atoms with E-state index in [0.717, 1.165) is 24.7 Å². The smallest absolute Gasteiger partial charge is 0.175 e. The lowest BCUT2D eigenvalue weighted by Gasteiger charge is -2.15. The Morgan fingerprint density at radius 3 is 2.50 bits per heavy atom. The lowest BCUT2D eigenvalue weighted by atomic mass is 10.2. The zero-order valence-electron chi connectivity index (χ0n) is 11.9. The number of hydrogen-bond donors (Lipinski definition) is 1. The fourth-order valence-electron chi connectivity index (χ4n) is 2.84. The lowest BCUT2D eigenvalue weighted by Crippen LogP contribution is -2.32. The van der Waals surface area contributed by atoms with Gasteiger partial charge in [0.15, 0.2) is 9.84 Å². The van der Waals surface area contributed by atoms with Gasteiger partial charge in [-0.15, -0.1) is 0 Å². The van der Waals surface area contributed by atoms with E-state index in [1.54, 1.807) is 12.1 Å². The summed E-state index contributed by atoms with van der Waals surface area (Å²) in [6, 6.07) is 8.62. The van der Waals surface area contributed by atoms with Crippen molar-refractivity contribution in [3.63, 3.8) is 0 Å². The molecule has 1 heterocycles. The van der Waals surface area contributed by atoms with Crippen LogP contribution in [0, 0.1) is 0 Å². The minimum atomic E-state index is -3.09. The number of rotatable bonds is 5. The minimum absolute atomic E-state index is 0.391. The van der Waals surface area contributed by atoms with E-state index in [9.17, 15) is 8.42 Å². The molecule has 0 radical (unpaired) electrons. The maximum absolute atomic E-state index is 11.4. The SMILES string of the molecule is CS(=O)(=O)c1ccc(CN[C@H]2CCN(C3CC3)C2)cc1. The largest absolute Gasteiger partial charge is 0.309 e. The van der Waals surface area contributed by atoms with Gasteiger partial charge in [-0.1, -0.05) is 12.1 Å². The molecule has 1 aromatic carbocycles. The zero-order chi connectivity index (χ0) is 14.2. The van der Waals surface area contributed by atoms with E-state index in [-0.39, 0.29) is 0 Å². The molecule has 1 atom stereocenters. The lowest BCUT2D eigenvalue weighted by molar-refractivity contribution is 0.317. The van der Waals surface area contributed by atoms with Crippen LogP contribution in [0.5, 0.6) is 0 Å². The van der Waals surface area contributed by atoms with E-state index in [1.807, 2.05) is 12.1 Å². The second-order valence-electron chi connectivity index (χ2n) is 6.01. The van der Waals surface area contributed by atoms with Gasteiger partial charge in [0, 0.05) is 38.0 Å². The van der Waals surface area contributed by atoms with E-state index in [4.69, 9.17) is 0 Å². The van der Waals surface area contributed by atoms with Crippen LogP contribution in [0.15, 0.2) is 29.2 Å². The summed E-state index contributed by atoms with van der Waals surface area (Å²) in [5.41, 5.74) is 1.14. The molecular weight excluding hydrogens is 272 g/mol. The normalized spacial score (nSPS) is 24.1. The summed E-state index contributed by atoms with van der Waals surface area (Å²) in [5.74, 6) is 0. The second-order valence-corrected chi connectivity index (χ2v) is 8.02. The van der Waals surface area contributed by atoms with Crippen LogP contribution in [0.4, 0.5) is 0 Å². The molecule has 3 rings (SSSR count). The highest BCUT2D eigenvalue weighted by Gasteiger charge is 2.33. The first-order valence-corrected chi connectivity index (χ1v) is 9.18. The molecule has 1 N–H and O–H groups in total. The van der Waals surface area contributed by atoms with Crippen LogP contribution in [0.25, 0.3) is 0 Å². The summed E-state index contributed by atoms with van der Waals surface area (Å²) in [4.78, 5) is 2.98. The van der Waals surface area contributed by atoms with Gasteiger partial charge in [0.1, 0.15) is 0 Å². The predicted molar refractivity (Wildman–Crippen MR) is 79.4 cm³/mol. The summed E-state index contributed by atoms with van der Waals surface area (Å²) in [5, 5.41) is 3.58. The second kappa shape index (κ2) is 5.47. The third-order valence-corrected chi connectivity index (χ3v) is 5.36. The highest BCUT2D eigenvalue weighted by atomic mass is 32.2. The van der Waals surface area contributed by atoms with Crippen LogP contribution in [-0.2, 0) is 16.4 Å². The van der Waals surface area contributed by atoms with E-state index < -0.39 is 9.84 Å². The van der Waals surface area contributed by atoms with Gasteiger partial charge >= 0.3 is 0 Å². The molecule has 1 saturated carbocycles. The van der Waals surface area contributed by atoms with Crippen molar-refractivity contribution in [2.24, 2.45) is 0 Å². The molecule has 20 heavy (non-hydrogen) atoms. The van der Waals surface area contributed by atoms with Gasteiger partial charge in [-0.3, -0.25) is 4.90 Å². The minimum Gasteiger partial charge on any atom is -0.309 e. The molecule has 4 nitrogen and oxygen atoms in total. The van der Waals surface area contributed by atoms with Gasteiger partial charge in [0.2, 0.25) is 0 Å². The molecule has 1 saturated heterocycles. The van der Waals surface area contributed by atoms with Crippen molar-refractivity contribution in [2.45, 2.75) is 42.8 Å². The first-order chi connectivity index (χ1) is 9.52. The van der Waals surface area contributed by atoms with Gasteiger partial charge in [0.05, 0.1) is 4.90 Å². The fourth-order valence-corrected chi connectivity index (χ4v) is 3.47. The molecule has 1 aromatic rings. The zero-order valence-corrected chi connectivity index (χ0v) is 12.7. The van der Waals surface area contributed by atoms with E-state index in [2.05, 4.69) is 10.2 Å².